The Morgan fingerprint density at radius 2 is 2.36 bits per heavy atom. The summed E-state index contributed by atoms with van der Waals surface area (Å²) in [5.41, 5.74) is 0. The molecule has 0 aromatic heterocycles. The first-order valence-corrected chi connectivity index (χ1v) is 3.95. The molecule has 3 nitrogen and oxygen atoms in total. The van der Waals surface area contributed by atoms with Gasteiger partial charge < -0.3 is 9.84 Å². The third-order valence-electron chi connectivity index (χ3n) is 1.36. The van der Waals surface area contributed by atoms with Crippen LogP contribution in [0.15, 0.2) is 0 Å². The predicted molar refractivity (Wildman–Crippen MR) is 42.0 cm³/mol. The normalized spacial score (nSPS) is 12.9. The van der Waals surface area contributed by atoms with E-state index in [9.17, 15) is 4.79 Å². The van der Waals surface area contributed by atoms with E-state index >= 15 is 0 Å². The number of rotatable bonds is 7. The standard InChI is InChI=1S/C8H15O3/c1-2-3-4-8(7-10)11-6-5-9/h8-9H,2-6H2,1H3. The number of hydrogen-bond donors (Lipinski definition) is 1. The summed E-state index contributed by atoms with van der Waals surface area (Å²) in [5.74, 6) is 0. The average Bonchev–Trinajstić information content (AvgIpc) is 2.05. The quantitative estimate of drug-likeness (QED) is 0.593. The molecule has 0 aromatic rings. The van der Waals surface area contributed by atoms with Crippen LogP contribution in [0.1, 0.15) is 26.2 Å². The van der Waals surface area contributed by atoms with Crippen molar-refractivity contribution in [3.63, 3.8) is 0 Å². The van der Waals surface area contributed by atoms with Crippen LogP contribution in [-0.2, 0) is 9.53 Å². The summed E-state index contributed by atoms with van der Waals surface area (Å²) >= 11 is 0. The summed E-state index contributed by atoms with van der Waals surface area (Å²) in [6, 6.07) is 0. The Balaban J connectivity index is 3.33. The van der Waals surface area contributed by atoms with Crippen LogP contribution in [0.25, 0.3) is 0 Å². The maximum absolute atomic E-state index is 10.2. The van der Waals surface area contributed by atoms with Crippen LogP contribution in [0.2, 0.25) is 0 Å². The molecule has 1 N–H and O–H groups in total. The van der Waals surface area contributed by atoms with Crippen LogP contribution >= 0.6 is 0 Å². The second-order valence-corrected chi connectivity index (χ2v) is 2.34. The molecule has 11 heavy (non-hydrogen) atoms. The van der Waals surface area contributed by atoms with Gasteiger partial charge in [0.2, 0.25) is 6.29 Å². The maximum atomic E-state index is 10.2. The molecule has 0 aliphatic rings. The highest BCUT2D eigenvalue weighted by molar-refractivity contribution is 5.56. The molecule has 0 fully saturated rings. The number of aliphatic hydroxyl groups is 1. The summed E-state index contributed by atoms with van der Waals surface area (Å²) in [5, 5.41) is 8.38. The molecule has 0 saturated carbocycles. The van der Waals surface area contributed by atoms with Crippen LogP contribution in [0.4, 0.5) is 0 Å². The first kappa shape index (κ1) is 10.6. The lowest BCUT2D eigenvalue weighted by Crippen LogP contribution is -2.16. The van der Waals surface area contributed by atoms with Gasteiger partial charge in [-0.3, -0.25) is 4.79 Å². The van der Waals surface area contributed by atoms with Gasteiger partial charge in [0.1, 0.15) is 6.10 Å². The average molecular weight is 159 g/mol. The Bertz CT molecular complexity index is 85.3. The van der Waals surface area contributed by atoms with Crippen molar-refractivity contribution in [3.05, 3.63) is 0 Å². The van der Waals surface area contributed by atoms with E-state index in [-0.39, 0.29) is 13.2 Å². The SMILES string of the molecule is CCCCC([C]=O)OCCO. The third-order valence-corrected chi connectivity index (χ3v) is 1.36. The van der Waals surface area contributed by atoms with E-state index in [0.29, 0.717) is 6.42 Å². The zero-order valence-corrected chi connectivity index (χ0v) is 6.88. The molecule has 0 aliphatic carbocycles. The molecule has 0 bridgehead atoms. The number of ether oxygens (including phenoxy) is 1. The molecule has 1 atom stereocenters. The maximum Gasteiger partial charge on any atom is 0.229 e. The molecular formula is C8H15O3. The monoisotopic (exact) mass is 159 g/mol. The van der Waals surface area contributed by atoms with Crippen LogP contribution in [-0.4, -0.2) is 30.7 Å². The summed E-state index contributed by atoms with van der Waals surface area (Å²) < 4.78 is 4.97. The molecule has 1 unspecified atom stereocenters. The number of unbranched alkanes of at least 4 members (excludes halogenated alkanes) is 1. The molecule has 0 spiro atoms. The van der Waals surface area contributed by atoms with E-state index in [1.165, 1.54) is 0 Å². The molecule has 0 aromatic carbocycles. The Morgan fingerprint density at radius 3 is 2.82 bits per heavy atom. The molecule has 0 amide bonds. The highest BCUT2D eigenvalue weighted by atomic mass is 16.5. The molecular weight excluding hydrogens is 144 g/mol. The lowest BCUT2D eigenvalue weighted by molar-refractivity contribution is 0.0579. The van der Waals surface area contributed by atoms with Gasteiger partial charge >= 0.3 is 0 Å². The van der Waals surface area contributed by atoms with E-state index in [1.807, 2.05) is 6.92 Å². The smallest absolute Gasteiger partial charge is 0.229 e. The van der Waals surface area contributed by atoms with Gasteiger partial charge in [-0.1, -0.05) is 19.8 Å². The van der Waals surface area contributed by atoms with Gasteiger partial charge in [0.25, 0.3) is 0 Å². The van der Waals surface area contributed by atoms with Crippen LogP contribution in [0.3, 0.4) is 0 Å². The summed E-state index contributed by atoms with van der Waals surface area (Å²) in [4.78, 5) is 10.2. The number of aliphatic hydroxyl groups excluding tert-OH is 1. The van der Waals surface area contributed by atoms with E-state index < -0.39 is 6.10 Å². The Hall–Kier alpha value is -0.410. The zero-order chi connectivity index (χ0) is 8.53. The van der Waals surface area contributed by atoms with E-state index in [1.54, 1.807) is 6.29 Å². The summed E-state index contributed by atoms with van der Waals surface area (Å²) in [6.45, 7) is 2.24. The summed E-state index contributed by atoms with van der Waals surface area (Å²) in [6.07, 6.45) is 4.06. The molecule has 0 saturated heterocycles. The van der Waals surface area contributed by atoms with Crippen molar-refractivity contribution in [2.75, 3.05) is 13.2 Å². The lowest BCUT2D eigenvalue weighted by atomic mass is 10.2. The molecule has 1 radical (unpaired) electrons. The predicted octanol–water partition coefficient (Wildman–Crippen LogP) is 0.664. The number of carbonyl (C=O) groups excluding carboxylic acids is 1. The van der Waals surface area contributed by atoms with Crippen LogP contribution in [0, 0.1) is 0 Å². The molecule has 0 heterocycles. The van der Waals surface area contributed by atoms with Crippen molar-refractivity contribution in [1.82, 2.24) is 0 Å². The molecule has 65 valence electrons. The van der Waals surface area contributed by atoms with Crippen molar-refractivity contribution in [2.24, 2.45) is 0 Å². The minimum Gasteiger partial charge on any atom is -0.394 e. The molecule has 3 heteroatoms. The van der Waals surface area contributed by atoms with Gasteiger partial charge in [-0.15, -0.1) is 0 Å². The first-order chi connectivity index (χ1) is 5.35. The fourth-order valence-corrected chi connectivity index (χ4v) is 0.761. The van der Waals surface area contributed by atoms with Crippen molar-refractivity contribution in [3.8, 4) is 0 Å². The van der Waals surface area contributed by atoms with Crippen molar-refractivity contribution in [1.29, 1.82) is 0 Å². The first-order valence-electron chi connectivity index (χ1n) is 3.95. The fraction of sp³-hybridized carbons (Fsp3) is 0.875. The van der Waals surface area contributed by atoms with Crippen LogP contribution < -0.4 is 0 Å². The second kappa shape index (κ2) is 7.69. The van der Waals surface area contributed by atoms with Gasteiger partial charge in [0.15, 0.2) is 0 Å². The Kier molecular flexibility index (Phi) is 7.41. The van der Waals surface area contributed by atoms with Gasteiger partial charge in [0.05, 0.1) is 13.2 Å². The van der Waals surface area contributed by atoms with Crippen molar-refractivity contribution >= 4 is 6.29 Å². The third kappa shape index (κ3) is 6.01. The Morgan fingerprint density at radius 1 is 1.64 bits per heavy atom. The second-order valence-electron chi connectivity index (χ2n) is 2.34. The van der Waals surface area contributed by atoms with E-state index in [2.05, 4.69) is 0 Å². The Labute approximate surface area is 67.4 Å². The molecule has 0 aliphatic heterocycles. The van der Waals surface area contributed by atoms with Gasteiger partial charge in [-0.2, -0.15) is 0 Å². The van der Waals surface area contributed by atoms with Crippen molar-refractivity contribution < 1.29 is 14.6 Å². The van der Waals surface area contributed by atoms with E-state index in [0.717, 1.165) is 12.8 Å². The van der Waals surface area contributed by atoms with Crippen molar-refractivity contribution in [2.45, 2.75) is 32.3 Å². The van der Waals surface area contributed by atoms with E-state index in [4.69, 9.17) is 9.84 Å². The molecule has 0 rings (SSSR count). The number of hydrogen-bond acceptors (Lipinski definition) is 3. The minimum absolute atomic E-state index is 0.0374. The van der Waals surface area contributed by atoms with Crippen LogP contribution in [0.5, 0.6) is 0 Å². The fourth-order valence-electron chi connectivity index (χ4n) is 0.761. The highest BCUT2D eigenvalue weighted by Gasteiger charge is 2.06. The van der Waals surface area contributed by atoms with Gasteiger partial charge in [-0.05, 0) is 6.42 Å². The minimum atomic E-state index is -0.443. The zero-order valence-electron chi connectivity index (χ0n) is 6.88. The highest BCUT2D eigenvalue weighted by Crippen LogP contribution is 2.01. The van der Waals surface area contributed by atoms with Gasteiger partial charge in [0, 0.05) is 0 Å². The lowest BCUT2D eigenvalue weighted by Gasteiger charge is -2.08. The topological polar surface area (TPSA) is 46.5 Å². The largest absolute Gasteiger partial charge is 0.394 e. The van der Waals surface area contributed by atoms with Gasteiger partial charge in [-0.25, -0.2) is 0 Å². The summed E-state index contributed by atoms with van der Waals surface area (Å²) in [7, 11) is 0.